The third-order valence-electron chi connectivity index (χ3n) is 5.37. The molecule has 0 atom stereocenters. The Morgan fingerprint density at radius 2 is 1.80 bits per heavy atom. The normalized spacial score (nSPS) is 14.7. The summed E-state index contributed by atoms with van der Waals surface area (Å²) in [6.45, 7) is 6.33. The van der Waals surface area contributed by atoms with Gasteiger partial charge < -0.3 is 15.1 Å². The number of rotatable bonds is 5. The molecular weight excluding hydrogens is 399 g/mol. The first kappa shape index (κ1) is 20.5. The number of anilines is 1. The largest absolute Gasteiger partial charge is 0.369 e. The second-order valence-corrected chi connectivity index (χ2v) is 8.54. The number of hydrogen-bond acceptors (Lipinski definition) is 5. The number of carbonyl (C=O) groups excluding carboxylic acids is 1. The summed E-state index contributed by atoms with van der Waals surface area (Å²) in [6, 6.07) is 14.4. The number of aromatic nitrogens is 1. The summed E-state index contributed by atoms with van der Waals surface area (Å²) in [6.07, 6.45) is 0. The van der Waals surface area contributed by atoms with Gasteiger partial charge in [-0.2, -0.15) is 0 Å². The Labute approximate surface area is 180 Å². The second-order valence-electron chi connectivity index (χ2n) is 7.54. The molecule has 2 heterocycles. The molecule has 156 valence electrons. The molecule has 0 unspecified atom stereocenters. The van der Waals surface area contributed by atoms with Crippen LogP contribution in [0.5, 0.6) is 0 Å². The van der Waals surface area contributed by atoms with Crippen LogP contribution in [0.4, 0.5) is 10.1 Å². The molecule has 1 N–H and O–H groups in total. The van der Waals surface area contributed by atoms with Gasteiger partial charge in [0.25, 0.3) is 5.91 Å². The van der Waals surface area contributed by atoms with Crippen LogP contribution < -0.4 is 10.2 Å². The minimum absolute atomic E-state index is 0.133. The first-order valence-corrected chi connectivity index (χ1v) is 10.9. The molecule has 3 aromatic rings. The summed E-state index contributed by atoms with van der Waals surface area (Å²) in [4.78, 5) is 22.7. The van der Waals surface area contributed by atoms with Crippen molar-refractivity contribution in [2.45, 2.75) is 13.5 Å². The Hall–Kier alpha value is -2.77. The number of hydrogen-bond donors (Lipinski definition) is 1. The average molecular weight is 425 g/mol. The molecule has 1 aliphatic rings. The molecule has 4 rings (SSSR count). The van der Waals surface area contributed by atoms with Crippen LogP contribution in [-0.2, 0) is 6.54 Å². The molecule has 1 aliphatic heterocycles. The fourth-order valence-corrected chi connectivity index (χ4v) is 4.58. The molecule has 2 aromatic carbocycles. The first-order valence-electron chi connectivity index (χ1n) is 10.0. The summed E-state index contributed by atoms with van der Waals surface area (Å²) < 4.78 is 13.2. The lowest BCUT2D eigenvalue weighted by atomic mass is 10.1. The van der Waals surface area contributed by atoms with Crippen molar-refractivity contribution < 1.29 is 9.18 Å². The van der Waals surface area contributed by atoms with Crippen LogP contribution in [0.1, 0.15) is 20.9 Å². The molecule has 1 saturated heterocycles. The van der Waals surface area contributed by atoms with Gasteiger partial charge in [-0.15, -0.1) is 11.3 Å². The topological polar surface area (TPSA) is 48.5 Å². The van der Waals surface area contributed by atoms with Gasteiger partial charge >= 0.3 is 0 Å². The van der Waals surface area contributed by atoms with E-state index in [2.05, 4.69) is 39.3 Å². The van der Waals surface area contributed by atoms with Crippen molar-refractivity contribution in [2.24, 2.45) is 0 Å². The number of carbonyl (C=O) groups is 1. The van der Waals surface area contributed by atoms with E-state index in [-0.39, 0.29) is 11.7 Å². The maximum atomic E-state index is 13.2. The van der Waals surface area contributed by atoms with Gasteiger partial charge in [-0.25, -0.2) is 9.37 Å². The summed E-state index contributed by atoms with van der Waals surface area (Å²) in [5.41, 5.74) is 3.78. The first-order chi connectivity index (χ1) is 14.5. The highest BCUT2D eigenvalue weighted by Crippen LogP contribution is 2.28. The Morgan fingerprint density at radius 1 is 1.10 bits per heavy atom. The van der Waals surface area contributed by atoms with E-state index >= 15 is 0 Å². The molecule has 1 aromatic heterocycles. The predicted molar refractivity (Wildman–Crippen MR) is 120 cm³/mol. The Morgan fingerprint density at radius 3 is 2.53 bits per heavy atom. The van der Waals surface area contributed by atoms with Crippen molar-refractivity contribution >= 4 is 22.9 Å². The SMILES string of the molecule is Cc1nc(-c2ccc(F)cc2)sc1C(=O)NCc1ccccc1N1CCN(C)CC1. The van der Waals surface area contributed by atoms with Crippen LogP contribution >= 0.6 is 11.3 Å². The van der Waals surface area contributed by atoms with Gasteiger partial charge in [0.2, 0.25) is 0 Å². The number of nitrogens with one attached hydrogen (secondary N) is 1. The lowest BCUT2D eigenvalue weighted by Gasteiger charge is -2.35. The lowest BCUT2D eigenvalue weighted by molar-refractivity contribution is 0.0954. The van der Waals surface area contributed by atoms with E-state index in [9.17, 15) is 9.18 Å². The maximum absolute atomic E-state index is 13.2. The van der Waals surface area contributed by atoms with Crippen molar-refractivity contribution in [3.8, 4) is 10.6 Å². The molecule has 0 saturated carbocycles. The zero-order valence-corrected chi connectivity index (χ0v) is 18.0. The van der Waals surface area contributed by atoms with Crippen LogP contribution in [0.15, 0.2) is 48.5 Å². The van der Waals surface area contributed by atoms with Crippen molar-refractivity contribution in [2.75, 3.05) is 38.1 Å². The van der Waals surface area contributed by atoms with E-state index in [1.807, 2.05) is 19.1 Å². The number of para-hydroxylation sites is 1. The summed E-state index contributed by atoms with van der Waals surface area (Å²) in [5, 5.41) is 3.77. The van der Waals surface area contributed by atoms with Crippen LogP contribution in [0.25, 0.3) is 10.6 Å². The summed E-state index contributed by atoms with van der Waals surface area (Å²) in [5.74, 6) is -0.421. The van der Waals surface area contributed by atoms with Crippen LogP contribution in [0.2, 0.25) is 0 Å². The zero-order chi connectivity index (χ0) is 21.1. The lowest BCUT2D eigenvalue weighted by Crippen LogP contribution is -2.45. The molecule has 1 amide bonds. The summed E-state index contributed by atoms with van der Waals surface area (Å²) >= 11 is 1.33. The third kappa shape index (κ3) is 4.52. The van der Waals surface area contributed by atoms with E-state index in [1.165, 1.54) is 29.2 Å². The van der Waals surface area contributed by atoms with Gasteiger partial charge in [0.1, 0.15) is 15.7 Å². The van der Waals surface area contributed by atoms with Crippen LogP contribution in [0.3, 0.4) is 0 Å². The van der Waals surface area contributed by atoms with E-state index in [0.29, 0.717) is 17.1 Å². The highest BCUT2D eigenvalue weighted by molar-refractivity contribution is 7.17. The molecule has 7 heteroatoms. The molecule has 0 aliphatic carbocycles. The fourth-order valence-electron chi connectivity index (χ4n) is 3.59. The zero-order valence-electron chi connectivity index (χ0n) is 17.2. The molecule has 30 heavy (non-hydrogen) atoms. The molecule has 0 bridgehead atoms. The monoisotopic (exact) mass is 424 g/mol. The number of nitrogens with zero attached hydrogens (tertiary/aromatic N) is 3. The molecule has 0 radical (unpaired) electrons. The van der Waals surface area contributed by atoms with E-state index in [0.717, 1.165) is 42.3 Å². The van der Waals surface area contributed by atoms with Crippen molar-refractivity contribution in [1.29, 1.82) is 0 Å². The van der Waals surface area contributed by atoms with Gasteiger partial charge in [0, 0.05) is 44.0 Å². The Bertz CT molecular complexity index is 1030. The van der Waals surface area contributed by atoms with Gasteiger partial charge in [-0.1, -0.05) is 18.2 Å². The van der Waals surface area contributed by atoms with Crippen molar-refractivity contribution in [3.63, 3.8) is 0 Å². The molecular formula is C23H25FN4OS. The van der Waals surface area contributed by atoms with E-state index < -0.39 is 0 Å². The van der Waals surface area contributed by atoms with Crippen LogP contribution in [0, 0.1) is 12.7 Å². The second kappa shape index (κ2) is 8.93. The van der Waals surface area contributed by atoms with Gasteiger partial charge in [-0.3, -0.25) is 4.79 Å². The van der Waals surface area contributed by atoms with Gasteiger partial charge in [-0.05, 0) is 49.9 Å². The molecule has 0 spiro atoms. The third-order valence-corrected chi connectivity index (χ3v) is 6.57. The smallest absolute Gasteiger partial charge is 0.263 e. The Kier molecular flexibility index (Phi) is 6.11. The van der Waals surface area contributed by atoms with Crippen LogP contribution in [-0.4, -0.2) is 49.0 Å². The number of piperazine rings is 1. The minimum atomic E-state index is -0.288. The van der Waals surface area contributed by atoms with E-state index in [4.69, 9.17) is 0 Å². The number of thiazole rings is 1. The van der Waals surface area contributed by atoms with Gasteiger partial charge in [0.05, 0.1) is 5.69 Å². The fraction of sp³-hybridized carbons (Fsp3) is 0.304. The number of halogens is 1. The average Bonchev–Trinajstić information content (AvgIpc) is 3.15. The number of benzene rings is 2. The highest BCUT2D eigenvalue weighted by atomic mass is 32.1. The number of amides is 1. The highest BCUT2D eigenvalue weighted by Gasteiger charge is 2.19. The quantitative estimate of drug-likeness (QED) is 0.674. The molecule has 5 nitrogen and oxygen atoms in total. The minimum Gasteiger partial charge on any atom is -0.369 e. The standard InChI is InChI=1S/C23H25FN4OS/c1-16-21(30-23(26-16)17-7-9-19(24)10-8-17)22(29)25-15-18-5-3-4-6-20(18)28-13-11-27(2)12-14-28/h3-10H,11-15H2,1-2H3,(H,25,29). The molecule has 1 fully saturated rings. The van der Waals surface area contributed by atoms with Crippen molar-refractivity contribution in [3.05, 3.63) is 70.5 Å². The number of aryl methyl sites for hydroxylation is 1. The van der Waals surface area contributed by atoms with E-state index in [1.54, 1.807) is 12.1 Å². The van der Waals surface area contributed by atoms with Crippen molar-refractivity contribution in [1.82, 2.24) is 15.2 Å². The number of likely N-dealkylation sites (N-methyl/N-ethyl adjacent to an activating group) is 1. The maximum Gasteiger partial charge on any atom is 0.263 e. The van der Waals surface area contributed by atoms with Gasteiger partial charge in [0.15, 0.2) is 0 Å². The Balaban J connectivity index is 1.46. The summed E-state index contributed by atoms with van der Waals surface area (Å²) in [7, 11) is 2.14. The predicted octanol–water partition coefficient (Wildman–Crippen LogP) is 3.94.